The topological polar surface area (TPSA) is 96.0 Å². The van der Waals surface area contributed by atoms with E-state index in [1.165, 1.54) is 6.07 Å². The smallest absolute Gasteiger partial charge is 0.465 e. The van der Waals surface area contributed by atoms with Gasteiger partial charge >= 0.3 is 27.6 Å². The number of alkyl halides is 3. The van der Waals surface area contributed by atoms with Crippen molar-refractivity contribution in [1.82, 2.24) is 0 Å². The highest BCUT2D eigenvalue weighted by molar-refractivity contribution is 7.88. The van der Waals surface area contributed by atoms with Gasteiger partial charge in [0, 0.05) is 17.2 Å². The van der Waals surface area contributed by atoms with Crippen molar-refractivity contribution in [3.8, 4) is 5.75 Å². The molecule has 2 rings (SSSR count). The van der Waals surface area contributed by atoms with Crippen molar-refractivity contribution < 1.29 is 44.8 Å². The number of hydrogen-bond acceptors (Lipinski definition) is 7. The minimum absolute atomic E-state index is 0.0151. The molecule has 33 heavy (non-hydrogen) atoms. The van der Waals surface area contributed by atoms with E-state index in [0.717, 1.165) is 44.6 Å². The van der Waals surface area contributed by atoms with E-state index in [9.17, 15) is 31.2 Å². The lowest BCUT2D eigenvalue weighted by Gasteiger charge is -2.25. The first kappa shape index (κ1) is 26.7. The zero-order valence-electron chi connectivity index (χ0n) is 18.8. The van der Waals surface area contributed by atoms with Crippen molar-refractivity contribution in [1.29, 1.82) is 0 Å². The Balaban J connectivity index is 2.68. The number of hydrogen-bond donors (Lipinski definition) is 0. The second-order valence-corrected chi connectivity index (χ2v) is 10.2. The van der Waals surface area contributed by atoms with E-state index in [4.69, 9.17) is 9.47 Å². The van der Waals surface area contributed by atoms with Gasteiger partial charge in [0.15, 0.2) is 5.75 Å². The molecule has 0 amide bonds. The highest BCUT2D eigenvalue weighted by Crippen LogP contribution is 2.42. The lowest BCUT2D eigenvalue weighted by molar-refractivity contribution is -0.148. The molecule has 7 nitrogen and oxygen atoms in total. The molecule has 0 bridgehead atoms. The van der Waals surface area contributed by atoms with Crippen LogP contribution in [0.5, 0.6) is 5.75 Å². The average molecular weight is 493 g/mol. The molecule has 0 N–H and O–H groups in total. The van der Waals surface area contributed by atoms with Gasteiger partial charge in [-0.15, -0.1) is 0 Å². The summed E-state index contributed by atoms with van der Waals surface area (Å²) in [6, 6.07) is 2.40. The fourth-order valence-electron chi connectivity index (χ4n) is 3.50. The second kappa shape index (κ2) is 10.1. The Morgan fingerprint density at radius 3 is 2.18 bits per heavy atom. The van der Waals surface area contributed by atoms with Gasteiger partial charge in [0.2, 0.25) is 0 Å². The van der Waals surface area contributed by atoms with Crippen molar-refractivity contribution in [2.75, 3.05) is 7.11 Å². The largest absolute Gasteiger partial charge is 0.534 e. The number of carbonyl (C=O) groups is 2. The molecule has 1 aromatic rings. The van der Waals surface area contributed by atoms with Crippen LogP contribution in [0.4, 0.5) is 13.2 Å². The molecular weight excluding hydrogens is 465 g/mol. The maximum Gasteiger partial charge on any atom is 0.534 e. The van der Waals surface area contributed by atoms with Crippen molar-refractivity contribution >= 4 is 28.1 Å². The fourth-order valence-corrected chi connectivity index (χ4v) is 4.00. The summed E-state index contributed by atoms with van der Waals surface area (Å²) in [5, 5.41) is 0. The van der Waals surface area contributed by atoms with Gasteiger partial charge < -0.3 is 13.7 Å². The zero-order valence-corrected chi connectivity index (χ0v) is 19.6. The third kappa shape index (κ3) is 7.21. The molecule has 0 aliphatic heterocycles. The summed E-state index contributed by atoms with van der Waals surface area (Å²) < 4.78 is 77.5. The predicted molar refractivity (Wildman–Crippen MR) is 114 cm³/mol. The summed E-state index contributed by atoms with van der Waals surface area (Å²) in [6.07, 6.45) is 5.62. The molecular formula is C22H27F3O7S. The fraction of sp³-hybridized carbons (Fsp3) is 0.545. The van der Waals surface area contributed by atoms with E-state index < -0.39 is 38.9 Å². The molecule has 0 heterocycles. The summed E-state index contributed by atoms with van der Waals surface area (Å²) in [5.41, 5.74) is -6.57. The molecule has 1 saturated carbocycles. The average Bonchev–Trinajstić information content (AvgIpc) is 2.70. The normalized spacial score (nSPS) is 16.0. The number of halogens is 3. The quantitative estimate of drug-likeness (QED) is 0.236. The molecule has 0 radical (unpaired) electrons. The summed E-state index contributed by atoms with van der Waals surface area (Å²) in [7, 11) is -4.87. The van der Waals surface area contributed by atoms with Crippen LogP contribution < -0.4 is 4.18 Å². The van der Waals surface area contributed by atoms with Crippen LogP contribution in [0.2, 0.25) is 0 Å². The van der Waals surface area contributed by atoms with Crippen molar-refractivity contribution in [2.24, 2.45) is 0 Å². The summed E-state index contributed by atoms with van der Waals surface area (Å²) >= 11 is 0. The Bertz CT molecular complexity index is 1020. The SMILES string of the molecule is COC(=O)c1cc(C=CC(=O)OC(C)(C)C)c(OS(=O)(=O)C(F)(F)F)c(C2CCCCC2)c1. The monoisotopic (exact) mass is 492 g/mol. The van der Waals surface area contributed by atoms with Gasteiger partial charge in [-0.25, -0.2) is 9.59 Å². The molecule has 0 atom stereocenters. The maximum absolute atomic E-state index is 13.1. The highest BCUT2D eigenvalue weighted by atomic mass is 32.2. The molecule has 0 saturated heterocycles. The van der Waals surface area contributed by atoms with Gasteiger partial charge in [-0.2, -0.15) is 21.6 Å². The van der Waals surface area contributed by atoms with Crippen molar-refractivity contribution in [3.63, 3.8) is 0 Å². The Kier molecular flexibility index (Phi) is 8.21. The number of methoxy groups -OCH3 is 1. The van der Waals surface area contributed by atoms with Crippen molar-refractivity contribution in [3.05, 3.63) is 34.9 Å². The minimum atomic E-state index is -6.01. The number of carbonyl (C=O) groups excluding carboxylic acids is 2. The molecule has 184 valence electrons. The van der Waals surface area contributed by atoms with Gasteiger partial charge in [-0.05, 0) is 57.7 Å². The zero-order chi connectivity index (χ0) is 25.0. The molecule has 1 aromatic carbocycles. The summed E-state index contributed by atoms with van der Waals surface area (Å²) in [4.78, 5) is 24.3. The summed E-state index contributed by atoms with van der Waals surface area (Å²) in [6.45, 7) is 4.88. The minimum Gasteiger partial charge on any atom is -0.465 e. The molecule has 1 aliphatic rings. The van der Waals surface area contributed by atoms with Crippen LogP contribution in [0.1, 0.15) is 80.3 Å². The number of rotatable bonds is 6. The molecule has 0 aromatic heterocycles. The number of benzene rings is 1. The Hall–Kier alpha value is -2.56. The Morgan fingerprint density at radius 1 is 1.06 bits per heavy atom. The van der Waals surface area contributed by atoms with Crippen LogP contribution in [0.25, 0.3) is 6.08 Å². The van der Waals surface area contributed by atoms with Gasteiger partial charge in [-0.1, -0.05) is 19.3 Å². The standard InChI is InChI=1S/C22H27F3O7S/c1-21(2,3)31-18(26)11-10-15-12-16(20(27)30-4)13-17(14-8-6-5-7-9-14)19(15)32-33(28,29)22(23,24)25/h10-14H,5-9H2,1-4H3. The first-order valence-electron chi connectivity index (χ1n) is 10.3. The van der Waals surface area contributed by atoms with E-state index in [1.807, 2.05) is 0 Å². The second-order valence-electron chi connectivity index (χ2n) is 8.66. The van der Waals surface area contributed by atoms with E-state index >= 15 is 0 Å². The first-order chi connectivity index (χ1) is 15.1. The van der Waals surface area contributed by atoms with E-state index in [-0.39, 0.29) is 22.6 Å². The molecule has 11 heteroatoms. The highest BCUT2D eigenvalue weighted by Gasteiger charge is 2.49. The molecule has 1 fully saturated rings. The summed E-state index contributed by atoms with van der Waals surface area (Å²) in [5.74, 6) is -2.50. The van der Waals surface area contributed by atoms with Crippen LogP contribution in [-0.4, -0.2) is 38.6 Å². The van der Waals surface area contributed by atoms with E-state index in [2.05, 4.69) is 4.18 Å². The van der Waals surface area contributed by atoms with Crippen LogP contribution in [0.3, 0.4) is 0 Å². The lowest BCUT2D eigenvalue weighted by atomic mass is 9.82. The number of esters is 2. The molecule has 1 aliphatic carbocycles. The van der Waals surface area contributed by atoms with Gasteiger partial charge in [0.1, 0.15) is 5.60 Å². The van der Waals surface area contributed by atoms with Gasteiger partial charge in [-0.3, -0.25) is 0 Å². The molecule has 0 unspecified atom stereocenters. The maximum atomic E-state index is 13.1. The van der Waals surface area contributed by atoms with Crippen LogP contribution in [0, 0.1) is 0 Å². The predicted octanol–water partition coefficient (Wildman–Crippen LogP) is 5.10. The van der Waals surface area contributed by atoms with Gasteiger partial charge in [0.05, 0.1) is 12.7 Å². The molecule has 0 spiro atoms. The lowest BCUT2D eigenvalue weighted by Crippen LogP contribution is -2.29. The van der Waals surface area contributed by atoms with Crippen LogP contribution in [0.15, 0.2) is 18.2 Å². The van der Waals surface area contributed by atoms with Crippen LogP contribution >= 0.6 is 0 Å². The number of ether oxygens (including phenoxy) is 2. The first-order valence-corrected chi connectivity index (χ1v) is 11.7. The van der Waals surface area contributed by atoms with E-state index in [0.29, 0.717) is 12.8 Å². The Morgan fingerprint density at radius 2 is 1.67 bits per heavy atom. The van der Waals surface area contributed by atoms with Crippen molar-refractivity contribution in [2.45, 2.75) is 69.9 Å². The van der Waals surface area contributed by atoms with Gasteiger partial charge in [0.25, 0.3) is 0 Å². The van der Waals surface area contributed by atoms with E-state index in [1.54, 1.807) is 20.8 Å². The third-order valence-corrected chi connectivity index (χ3v) is 5.85. The third-order valence-electron chi connectivity index (χ3n) is 4.89. The Labute approximate surface area is 191 Å². The van der Waals surface area contributed by atoms with Crippen LogP contribution in [-0.2, 0) is 24.4 Å².